The van der Waals surface area contributed by atoms with Gasteiger partial charge < -0.3 is 15.2 Å². The van der Waals surface area contributed by atoms with E-state index < -0.39 is 49.4 Å². The molecule has 1 aliphatic rings. The maximum absolute atomic E-state index is 13.2. The highest BCUT2D eigenvalue weighted by atomic mass is 32.2. The van der Waals surface area contributed by atoms with Crippen LogP contribution >= 0.6 is 0 Å². The summed E-state index contributed by atoms with van der Waals surface area (Å²) in [5, 5.41) is 13.8. The molecule has 1 amide bonds. The van der Waals surface area contributed by atoms with Crippen molar-refractivity contribution in [1.29, 1.82) is 0 Å². The van der Waals surface area contributed by atoms with Crippen LogP contribution in [0.5, 0.6) is 5.75 Å². The van der Waals surface area contributed by atoms with Gasteiger partial charge in [0, 0.05) is 21.0 Å². The highest BCUT2D eigenvalue weighted by Crippen LogP contribution is 2.31. The van der Waals surface area contributed by atoms with Crippen LogP contribution in [-0.2, 0) is 24.7 Å². The number of nitrogens with one attached hydrogen (secondary N) is 1. The van der Waals surface area contributed by atoms with E-state index in [-0.39, 0.29) is 16.3 Å². The Bertz CT molecular complexity index is 929. The number of hydrogen-bond donors (Lipinski definition) is 2. The number of sulfone groups is 1. The van der Waals surface area contributed by atoms with Crippen LogP contribution in [0, 0.1) is 0 Å². The first kappa shape index (κ1) is 21.6. The average Bonchev–Trinajstić information content (AvgIpc) is 2.78. The van der Waals surface area contributed by atoms with Crippen molar-refractivity contribution in [3.8, 4) is 5.75 Å². The topological polar surface area (TPSA) is 133 Å². The first-order valence-electron chi connectivity index (χ1n) is 7.95. The second-order valence-corrected chi connectivity index (χ2v) is 10.3. The van der Waals surface area contributed by atoms with Crippen molar-refractivity contribution < 1.29 is 31.5 Å². The van der Waals surface area contributed by atoms with Crippen molar-refractivity contribution in [3.63, 3.8) is 0 Å². The van der Waals surface area contributed by atoms with E-state index in [4.69, 9.17) is 4.74 Å². The molecule has 152 valence electrons. The summed E-state index contributed by atoms with van der Waals surface area (Å²) in [5.41, 5.74) is 0.157. The Balaban J connectivity index is 2.52. The van der Waals surface area contributed by atoms with Gasteiger partial charge in [-0.2, -0.15) is 0 Å². The first-order chi connectivity index (χ1) is 12.4. The van der Waals surface area contributed by atoms with E-state index in [1.54, 1.807) is 0 Å². The van der Waals surface area contributed by atoms with Crippen molar-refractivity contribution in [2.24, 2.45) is 0 Å². The molecule has 0 saturated carbocycles. The molecule has 0 bridgehead atoms. The van der Waals surface area contributed by atoms with E-state index in [9.17, 15) is 26.7 Å². The fraction of sp³-hybridized carbons (Fsp3) is 0.533. The van der Waals surface area contributed by atoms with Gasteiger partial charge in [0.05, 0.1) is 41.3 Å². The zero-order chi connectivity index (χ0) is 20.6. The number of aliphatic hydroxyl groups is 1. The minimum Gasteiger partial charge on any atom is -0.495 e. The highest BCUT2D eigenvalue weighted by Gasteiger charge is 2.46. The summed E-state index contributed by atoms with van der Waals surface area (Å²) in [4.78, 5) is 11.2. The second kappa shape index (κ2) is 7.72. The molecule has 0 aliphatic carbocycles. The molecule has 2 N–H and O–H groups in total. The number of methoxy groups -OCH3 is 1. The van der Waals surface area contributed by atoms with E-state index in [2.05, 4.69) is 5.32 Å². The van der Waals surface area contributed by atoms with Crippen LogP contribution in [0.2, 0.25) is 0 Å². The fourth-order valence-corrected chi connectivity index (χ4v) is 6.54. The maximum Gasteiger partial charge on any atom is 0.256 e. The monoisotopic (exact) mass is 421 g/mol. The molecule has 1 saturated heterocycles. The summed E-state index contributed by atoms with van der Waals surface area (Å²) in [6.07, 6.45) is -1.35. The van der Waals surface area contributed by atoms with Gasteiger partial charge in [-0.05, 0) is 18.2 Å². The largest absolute Gasteiger partial charge is 0.495 e. The number of hydrazine groups is 1. The molecule has 1 heterocycles. The Labute approximate surface area is 158 Å². The van der Waals surface area contributed by atoms with Gasteiger partial charge in [-0.15, -0.1) is 4.41 Å². The molecule has 2 rings (SSSR count). The maximum atomic E-state index is 13.2. The molecule has 0 aromatic heterocycles. The van der Waals surface area contributed by atoms with Gasteiger partial charge in [0.15, 0.2) is 9.84 Å². The number of benzene rings is 1. The number of amides is 1. The van der Waals surface area contributed by atoms with E-state index in [0.29, 0.717) is 0 Å². The summed E-state index contributed by atoms with van der Waals surface area (Å²) in [7, 11) is -3.53. The Kier molecular flexibility index (Phi) is 6.16. The molecule has 1 aromatic rings. The van der Waals surface area contributed by atoms with Gasteiger partial charge in [-0.3, -0.25) is 4.79 Å². The van der Waals surface area contributed by atoms with E-state index in [0.717, 1.165) is 4.41 Å². The van der Waals surface area contributed by atoms with Gasteiger partial charge >= 0.3 is 0 Å². The van der Waals surface area contributed by atoms with E-state index in [1.807, 2.05) is 0 Å². The minimum atomic E-state index is -4.22. The number of carbonyl (C=O) groups excluding carboxylic acids is 1. The predicted molar refractivity (Wildman–Crippen MR) is 98.5 cm³/mol. The molecule has 10 nitrogen and oxygen atoms in total. The van der Waals surface area contributed by atoms with E-state index >= 15 is 0 Å². The second-order valence-electron chi connectivity index (χ2n) is 6.38. The standard InChI is InChI=1S/C15H23N3O7S2/c1-10(19)16-12-7-11(5-6-15(12)25-4)27(23,24)18(17(2)3)13-8-26(21,22)9-14(13)20/h5-7,13-14,20H,8-9H2,1-4H3,(H,16,19)/t13-,14-/m1/s1. The molecule has 1 fully saturated rings. The summed E-state index contributed by atoms with van der Waals surface area (Å²) in [5.74, 6) is -1.13. The molecular weight excluding hydrogens is 398 g/mol. The minimum absolute atomic E-state index is 0.157. The first-order valence-corrected chi connectivity index (χ1v) is 11.2. The Hall–Kier alpha value is -1.73. The number of aliphatic hydroxyl groups excluding tert-OH is 1. The van der Waals surface area contributed by atoms with Gasteiger partial charge in [-0.25, -0.2) is 21.8 Å². The summed E-state index contributed by atoms with van der Waals surface area (Å²) >= 11 is 0. The third-order valence-corrected chi connectivity index (χ3v) is 7.64. The van der Waals surface area contributed by atoms with Crippen molar-refractivity contribution in [3.05, 3.63) is 18.2 Å². The quantitative estimate of drug-likeness (QED) is 0.575. The number of nitrogens with zero attached hydrogens (tertiary/aromatic N) is 2. The molecule has 0 unspecified atom stereocenters. The van der Waals surface area contributed by atoms with E-state index in [1.165, 1.54) is 51.3 Å². The third kappa shape index (κ3) is 4.58. The van der Waals surface area contributed by atoms with Crippen LogP contribution in [0.1, 0.15) is 6.92 Å². The molecule has 27 heavy (non-hydrogen) atoms. The Morgan fingerprint density at radius 3 is 2.37 bits per heavy atom. The smallest absolute Gasteiger partial charge is 0.256 e. The SMILES string of the molecule is COc1ccc(S(=O)(=O)N([C@@H]2CS(=O)(=O)C[C@H]2O)N(C)C)cc1NC(C)=O. The molecular formula is C15H23N3O7S2. The van der Waals surface area contributed by atoms with Crippen LogP contribution in [0.4, 0.5) is 5.69 Å². The van der Waals surface area contributed by atoms with Gasteiger partial charge in [-0.1, -0.05) is 0 Å². The normalized spacial score (nSPS) is 22.2. The summed E-state index contributed by atoms with van der Waals surface area (Å²) in [6.45, 7) is 1.27. The lowest BCUT2D eigenvalue weighted by molar-refractivity contribution is -0.114. The number of anilines is 1. The number of carbonyl (C=O) groups is 1. The van der Waals surface area contributed by atoms with Crippen LogP contribution in [0.15, 0.2) is 23.1 Å². The molecule has 1 aliphatic heterocycles. The highest BCUT2D eigenvalue weighted by molar-refractivity contribution is 7.92. The third-order valence-electron chi connectivity index (χ3n) is 4.00. The number of ether oxygens (including phenoxy) is 1. The average molecular weight is 421 g/mol. The molecule has 1 aromatic carbocycles. The van der Waals surface area contributed by atoms with Gasteiger partial charge in [0.25, 0.3) is 10.0 Å². The number of sulfonamides is 1. The van der Waals surface area contributed by atoms with Gasteiger partial charge in [0.1, 0.15) is 5.75 Å². The molecule has 12 heteroatoms. The fourth-order valence-electron chi connectivity index (χ4n) is 2.95. The van der Waals surface area contributed by atoms with Crippen molar-refractivity contribution >= 4 is 31.5 Å². The Morgan fingerprint density at radius 2 is 1.93 bits per heavy atom. The van der Waals surface area contributed by atoms with Gasteiger partial charge in [0.2, 0.25) is 5.91 Å². The van der Waals surface area contributed by atoms with Crippen molar-refractivity contribution in [1.82, 2.24) is 9.42 Å². The number of hydrogen-bond acceptors (Lipinski definition) is 8. The lowest BCUT2D eigenvalue weighted by atomic mass is 10.2. The van der Waals surface area contributed by atoms with Crippen LogP contribution in [0.3, 0.4) is 0 Å². The lowest BCUT2D eigenvalue weighted by Crippen LogP contribution is -2.53. The van der Waals surface area contributed by atoms with Crippen LogP contribution in [-0.4, -0.2) is 82.1 Å². The molecule has 0 spiro atoms. The lowest BCUT2D eigenvalue weighted by Gasteiger charge is -2.34. The predicted octanol–water partition coefficient (Wildman–Crippen LogP) is -0.721. The van der Waals surface area contributed by atoms with Crippen LogP contribution in [0.25, 0.3) is 0 Å². The molecule has 0 radical (unpaired) electrons. The van der Waals surface area contributed by atoms with Crippen molar-refractivity contribution in [2.75, 3.05) is 38.0 Å². The Morgan fingerprint density at radius 1 is 1.30 bits per heavy atom. The zero-order valence-electron chi connectivity index (χ0n) is 15.4. The van der Waals surface area contributed by atoms with Crippen LogP contribution < -0.4 is 10.1 Å². The zero-order valence-corrected chi connectivity index (χ0v) is 17.0. The summed E-state index contributed by atoms with van der Waals surface area (Å²) < 4.78 is 56.0. The number of rotatable bonds is 6. The molecule has 2 atom stereocenters. The summed E-state index contributed by atoms with van der Waals surface area (Å²) in [6, 6.07) is 2.74. The van der Waals surface area contributed by atoms with Crippen molar-refractivity contribution in [2.45, 2.75) is 24.0 Å².